The van der Waals surface area contributed by atoms with Crippen LogP contribution >= 0.6 is 24.8 Å². The van der Waals surface area contributed by atoms with E-state index in [1.165, 1.54) is 0 Å². The molecule has 0 aliphatic carbocycles. The molecule has 80 valence electrons. The standard InChI is InChI=1S/C7H11N5.2ClH/c1-2-4-8-6(3-1)5-7-9-11-12-10-7;;/h1-4,7,9-12H,5H2;2*1H. The second-order valence-electron chi connectivity index (χ2n) is 2.62. The number of halogens is 2. The SMILES string of the molecule is Cl.Cl.c1ccc(CC2NNNN2)nc1. The third kappa shape index (κ3) is 3.75. The fourth-order valence-corrected chi connectivity index (χ4v) is 1.11. The third-order valence-electron chi connectivity index (χ3n) is 1.69. The largest absolute Gasteiger partial charge is 0.261 e. The van der Waals surface area contributed by atoms with Crippen molar-refractivity contribution in [3.63, 3.8) is 0 Å². The van der Waals surface area contributed by atoms with E-state index in [0.29, 0.717) is 0 Å². The molecule has 2 heterocycles. The molecular weight excluding hydrogens is 225 g/mol. The highest BCUT2D eigenvalue weighted by Crippen LogP contribution is 1.96. The molecular formula is C7H13Cl2N5. The Balaban J connectivity index is 0.000000845. The summed E-state index contributed by atoms with van der Waals surface area (Å²) in [5.41, 5.74) is 12.6. The number of rotatable bonds is 2. The van der Waals surface area contributed by atoms with E-state index < -0.39 is 0 Å². The number of aromatic nitrogens is 1. The van der Waals surface area contributed by atoms with E-state index in [2.05, 4.69) is 26.9 Å². The van der Waals surface area contributed by atoms with E-state index in [0.717, 1.165) is 12.1 Å². The van der Waals surface area contributed by atoms with Gasteiger partial charge in [-0.1, -0.05) is 6.07 Å². The van der Waals surface area contributed by atoms with Crippen LogP contribution in [0.25, 0.3) is 0 Å². The summed E-state index contributed by atoms with van der Waals surface area (Å²) in [5.74, 6) is 0. The van der Waals surface area contributed by atoms with Crippen LogP contribution in [0.15, 0.2) is 24.4 Å². The maximum Gasteiger partial charge on any atom is 0.0914 e. The molecule has 1 aromatic rings. The summed E-state index contributed by atoms with van der Waals surface area (Å²) in [5, 5.41) is 0. The number of hydrogen-bond donors (Lipinski definition) is 4. The first kappa shape index (κ1) is 13.6. The summed E-state index contributed by atoms with van der Waals surface area (Å²) in [6, 6.07) is 5.90. The molecule has 0 radical (unpaired) electrons. The molecule has 1 aliphatic rings. The Kier molecular flexibility index (Phi) is 6.73. The minimum atomic E-state index is 0. The van der Waals surface area contributed by atoms with Crippen LogP contribution < -0.4 is 21.9 Å². The predicted octanol–water partition coefficient (Wildman–Crippen LogP) is -0.0892. The number of nitrogens with one attached hydrogen (secondary N) is 4. The molecule has 0 spiro atoms. The molecule has 2 rings (SSSR count). The van der Waals surface area contributed by atoms with Crippen LogP contribution in [-0.4, -0.2) is 11.1 Å². The molecule has 14 heavy (non-hydrogen) atoms. The van der Waals surface area contributed by atoms with Crippen LogP contribution in [-0.2, 0) is 6.42 Å². The van der Waals surface area contributed by atoms with Crippen molar-refractivity contribution < 1.29 is 0 Å². The Hall–Kier alpha value is -0.430. The summed E-state index contributed by atoms with van der Waals surface area (Å²) in [6.45, 7) is 0. The zero-order chi connectivity index (χ0) is 8.23. The van der Waals surface area contributed by atoms with Gasteiger partial charge < -0.3 is 0 Å². The van der Waals surface area contributed by atoms with Crippen LogP contribution in [0.2, 0.25) is 0 Å². The fraction of sp³-hybridized carbons (Fsp3) is 0.286. The van der Waals surface area contributed by atoms with E-state index >= 15 is 0 Å². The van der Waals surface area contributed by atoms with Crippen molar-refractivity contribution in [3.05, 3.63) is 30.1 Å². The first-order chi connectivity index (χ1) is 5.95. The van der Waals surface area contributed by atoms with Crippen molar-refractivity contribution >= 4 is 24.8 Å². The average molecular weight is 238 g/mol. The topological polar surface area (TPSA) is 61.0 Å². The number of pyridine rings is 1. The highest BCUT2D eigenvalue weighted by molar-refractivity contribution is 5.85. The molecule has 4 N–H and O–H groups in total. The minimum Gasteiger partial charge on any atom is -0.261 e. The second-order valence-corrected chi connectivity index (χ2v) is 2.62. The van der Waals surface area contributed by atoms with Crippen LogP contribution in [0.5, 0.6) is 0 Å². The number of hydrogen-bond acceptors (Lipinski definition) is 5. The van der Waals surface area contributed by atoms with E-state index in [4.69, 9.17) is 0 Å². The average Bonchev–Trinajstić information content (AvgIpc) is 2.59. The van der Waals surface area contributed by atoms with Gasteiger partial charge in [0, 0.05) is 18.3 Å². The summed E-state index contributed by atoms with van der Waals surface area (Å²) in [7, 11) is 0. The van der Waals surface area contributed by atoms with E-state index in [1.54, 1.807) is 6.20 Å². The Bertz CT molecular complexity index is 239. The molecule has 0 atom stereocenters. The molecule has 0 unspecified atom stereocenters. The summed E-state index contributed by atoms with van der Waals surface area (Å²) >= 11 is 0. The van der Waals surface area contributed by atoms with Gasteiger partial charge in [0.1, 0.15) is 0 Å². The van der Waals surface area contributed by atoms with Crippen LogP contribution in [0, 0.1) is 0 Å². The maximum atomic E-state index is 4.21. The van der Waals surface area contributed by atoms with Gasteiger partial charge in [-0.05, 0) is 12.1 Å². The van der Waals surface area contributed by atoms with Gasteiger partial charge in [-0.3, -0.25) is 4.98 Å². The zero-order valence-corrected chi connectivity index (χ0v) is 8.99. The maximum absolute atomic E-state index is 4.21. The first-order valence-corrected chi connectivity index (χ1v) is 3.86. The predicted molar refractivity (Wildman–Crippen MR) is 58.8 cm³/mol. The van der Waals surface area contributed by atoms with Crippen molar-refractivity contribution in [1.29, 1.82) is 0 Å². The Morgan fingerprint density at radius 3 is 2.43 bits per heavy atom. The quantitative estimate of drug-likeness (QED) is 0.580. The number of hydrazine groups is 3. The molecule has 0 saturated carbocycles. The van der Waals surface area contributed by atoms with Gasteiger partial charge in [-0.25, -0.2) is 10.9 Å². The molecule has 1 saturated heterocycles. The highest BCUT2D eigenvalue weighted by atomic mass is 35.5. The van der Waals surface area contributed by atoms with Gasteiger partial charge in [0.25, 0.3) is 0 Å². The minimum absolute atomic E-state index is 0. The lowest BCUT2D eigenvalue weighted by Crippen LogP contribution is -2.35. The van der Waals surface area contributed by atoms with Crippen molar-refractivity contribution in [2.45, 2.75) is 12.6 Å². The molecule has 0 bridgehead atoms. The van der Waals surface area contributed by atoms with Gasteiger partial charge in [0.15, 0.2) is 0 Å². The van der Waals surface area contributed by atoms with E-state index in [9.17, 15) is 0 Å². The van der Waals surface area contributed by atoms with E-state index in [-0.39, 0.29) is 31.0 Å². The van der Waals surface area contributed by atoms with Gasteiger partial charge >= 0.3 is 0 Å². The summed E-state index contributed by atoms with van der Waals surface area (Å²) in [4.78, 5) is 4.21. The molecule has 0 amide bonds. The van der Waals surface area contributed by atoms with Crippen LogP contribution in [0.1, 0.15) is 5.69 Å². The van der Waals surface area contributed by atoms with Crippen molar-refractivity contribution in [3.8, 4) is 0 Å². The first-order valence-electron chi connectivity index (χ1n) is 3.86. The third-order valence-corrected chi connectivity index (χ3v) is 1.69. The Morgan fingerprint density at radius 1 is 1.14 bits per heavy atom. The van der Waals surface area contributed by atoms with Gasteiger partial charge in [0.05, 0.1) is 6.17 Å². The summed E-state index contributed by atoms with van der Waals surface area (Å²) < 4.78 is 0. The van der Waals surface area contributed by atoms with Crippen molar-refractivity contribution in [2.75, 3.05) is 0 Å². The highest BCUT2D eigenvalue weighted by Gasteiger charge is 2.12. The van der Waals surface area contributed by atoms with Crippen LogP contribution in [0.3, 0.4) is 0 Å². The van der Waals surface area contributed by atoms with Crippen LogP contribution in [0.4, 0.5) is 0 Å². The van der Waals surface area contributed by atoms with Gasteiger partial charge in [-0.2, -0.15) is 11.1 Å². The Labute approximate surface area is 94.8 Å². The monoisotopic (exact) mass is 237 g/mol. The molecule has 5 nitrogen and oxygen atoms in total. The van der Waals surface area contributed by atoms with Crippen molar-refractivity contribution in [2.24, 2.45) is 0 Å². The van der Waals surface area contributed by atoms with Crippen molar-refractivity contribution in [1.82, 2.24) is 26.9 Å². The molecule has 1 aliphatic heterocycles. The lowest BCUT2D eigenvalue weighted by atomic mass is 10.2. The smallest absolute Gasteiger partial charge is 0.0914 e. The zero-order valence-electron chi connectivity index (χ0n) is 7.36. The lowest BCUT2D eigenvalue weighted by Gasteiger charge is -2.06. The molecule has 1 fully saturated rings. The lowest BCUT2D eigenvalue weighted by molar-refractivity contribution is 0.517. The molecule has 7 heteroatoms. The van der Waals surface area contributed by atoms with Gasteiger partial charge in [0.2, 0.25) is 0 Å². The summed E-state index contributed by atoms with van der Waals surface area (Å²) in [6.07, 6.45) is 2.84. The second kappa shape index (κ2) is 6.94. The van der Waals surface area contributed by atoms with Gasteiger partial charge in [-0.15, -0.1) is 24.8 Å². The number of nitrogens with zero attached hydrogens (tertiary/aromatic N) is 1. The molecule has 1 aromatic heterocycles. The van der Waals surface area contributed by atoms with E-state index in [1.807, 2.05) is 18.2 Å². The molecule has 0 aromatic carbocycles. The normalized spacial score (nSPS) is 15.7. The Morgan fingerprint density at radius 2 is 1.86 bits per heavy atom. The fourth-order valence-electron chi connectivity index (χ4n) is 1.11.